The van der Waals surface area contributed by atoms with Gasteiger partial charge in [-0.1, -0.05) is 30.3 Å². The first kappa shape index (κ1) is 17.7. The van der Waals surface area contributed by atoms with Gasteiger partial charge in [-0.2, -0.15) is 0 Å². The summed E-state index contributed by atoms with van der Waals surface area (Å²) in [5.74, 6) is 0.906. The minimum Gasteiger partial charge on any atom is -0.457 e. The Morgan fingerprint density at radius 2 is 1.38 bits per heavy atom. The third kappa shape index (κ3) is 4.29. The second-order valence-corrected chi connectivity index (χ2v) is 7.65. The Morgan fingerprint density at radius 1 is 0.808 bits per heavy atom. The molecule has 0 fully saturated rings. The molecule has 0 atom stereocenters. The van der Waals surface area contributed by atoms with Crippen LogP contribution in [0.5, 0.6) is 11.5 Å². The summed E-state index contributed by atoms with van der Waals surface area (Å²) in [7, 11) is -3.44. The van der Waals surface area contributed by atoms with Crippen LogP contribution in [0.1, 0.15) is 10.4 Å². The van der Waals surface area contributed by atoms with Crippen LogP contribution in [0.15, 0.2) is 83.8 Å². The number of benzene rings is 3. The van der Waals surface area contributed by atoms with E-state index in [2.05, 4.69) is 5.32 Å². The standard InChI is InChI=1S/C20H17NO4S/c1-26(23,24)19-10-6-5-9-18(19)21-20(22)15-11-13-17(14-12-15)25-16-7-3-2-4-8-16/h2-14H,1H3,(H,21,22). The van der Waals surface area contributed by atoms with E-state index in [9.17, 15) is 13.2 Å². The lowest BCUT2D eigenvalue weighted by Crippen LogP contribution is -2.14. The molecule has 0 aliphatic carbocycles. The number of amides is 1. The molecule has 6 heteroatoms. The van der Waals surface area contributed by atoms with Gasteiger partial charge >= 0.3 is 0 Å². The highest BCUT2D eigenvalue weighted by Crippen LogP contribution is 2.23. The van der Waals surface area contributed by atoms with Gasteiger partial charge < -0.3 is 10.1 Å². The first-order valence-electron chi connectivity index (χ1n) is 7.87. The highest BCUT2D eigenvalue weighted by atomic mass is 32.2. The predicted molar refractivity (Wildman–Crippen MR) is 100 cm³/mol. The molecule has 0 spiro atoms. The summed E-state index contributed by atoms with van der Waals surface area (Å²) < 4.78 is 29.3. The van der Waals surface area contributed by atoms with Gasteiger partial charge in [0.25, 0.3) is 5.91 Å². The average Bonchev–Trinajstić information content (AvgIpc) is 2.63. The minimum atomic E-state index is -3.44. The maximum Gasteiger partial charge on any atom is 0.255 e. The number of carbonyl (C=O) groups is 1. The number of nitrogens with one attached hydrogen (secondary N) is 1. The summed E-state index contributed by atoms with van der Waals surface area (Å²) in [6.07, 6.45) is 1.10. The van der Waals surface area contributed by atoms with Gasteiger partial charge in [0, 0.05) is 11.8 Å². The quantitative estimate of drug-likeness (QED) is 0.736. The van der Waals surface area contributed by atoms with E-state index in [0.29, 0.717) is 17.1 Å². The predicted octanol–water partition coefficient (Wildman–Crippen LogP) is 4.13. The van der Waals surface area contributed by atoms with Crippen LogP contribution < -0.4 is 10.1 Å². The van der Waals surface area contributed by atoms with Crippen molar-refractivity contribution in [2.24, 2.45) is 0 Å². The largest absolute Gasteiger partial charge is 0.457 e. The molecule has 0 unspecified atom stereocenters. The van der Waals surface area contributed by atoms with E-state index < -0.39 is 15.7 Å². The van der Waals surface area contributed by atoms with Crippen LogP contribution in [0, 0.1) is 0 Å². The van der Waals surface area contributed by atoms with Gasteiger partial charge in [0.15, 0.2) is 9.84 Å². The Labute approximate surface area is 152 Å². The average molecular weight is 367 g/mol. The highest BCUT2D eigenvalue weighted by Gasteiger charge is 2.15. The van der Waals surface area contributed by atoms with Gasteiger partial charge in [-0.3, -0.25) is 4.79 Å². The van der Waals surface area contributed by atoms with Gasteiger partial charge in [-0.25, -0.2) is 8.42 Å². The number of anilines is 1. The molecule has 132 valence electrons. The number of rotatable bonds is 5. The summed E-state index contributed by atoms with van der Waals surface area (Å²) in [6.45, 7) is 0. The first-order chi connectivity index (χ1) is 12.4. The molecular weight excluding hydrogens is 350 g/mol. The van der Waals surface area contributed by atoms with Gasteiger partial charge in [-0.05, 0) is 48.5 Å². The van der Waals surface area contributed by atoms with E-state index in [1.807, 2.05) is 30.3 Å². The number of para-hydroxylation sites is 2. The van der Waals surface area contributed by atoms with Crippen LogP contribution in [-0.2, 0) is 9.84 Å². The summed E-state index contributed by atoms with van der Waals surface area (Å²) in [4.78, 5) is 12.5. The van der Waals surface area contributed by atoms with Crippen LogP contribution in [0.4, 0.5) is 5.69 Å². The Hall–Kier alpha value is -3.12. The number of sulfone groups is 1. The molecule has 0 saturated carbocycles. The van der Waals surface area contributed by atoms with Crippen molar-refractivity contribution in [1.82, 2.24) is 0 Å². The van der Waals surface area contributed by atoms with Crippen molar-refractivity contribution in [1.29, 1.82) is 0 Å². The summed E-state index contributed by atoms with van der Waals surface area (Å²) in [5, 5.41) is 2.64. The lowest BCUT2D eigenvalue weighted by Gasteiger charge is -2.10. The first-order valence-corrected chi connectivity index (χ1v) is 9.76. The molecule has 0 saturated heterocycles. The van der Waals surface area contributed by atoms with Gasteiger partial charge in [0.05, 0.1) is 10.6 Å². The third-order valence-electron chi connectivity index (χ3n) is 3.63. The lowest BCUT2D eigenvalue weighted by atomic mass is 10.2. The van der Waals surface area contributed by atoms with Crippen LogP contribution in [-0.4, -0.2) is 20.6 Å². The van der Waals surface area contributed by atoms with Crippen molar-refractivity contribution in [2.75, 3.05) is 11.6 Å². The SMILES string of the molecule is CS(=O)(=O)c1ccccc1NC(=O)c1ccc(Oc2ccccc2)cc1. The van der Waals surface area contributed by atoms with Crippen LogP contribution >= 0.6 is 0 Å². The van der Waals surface area contributed by atoms with Gasteiger partial charge in [-0.15, -0.1) is 0 Å². The molecule has 0 bridgehead atoms. The van der Waals surface area contributed by atoms with Crippen molar-refractivity contribution in [3.05, 3.63) is 84.4 Å². The van der Waals surface area contributed by atoms with Crippen LogP contribution in [0.2, 0.25) is 0 Å². The number of hydrogen-bond acceptors (Lipinski definition) is 4. The zero-order valence-corrected chi connectivity index (χ0v) is 14.9. The van der Waals surface area contributed by atoms with Crippen LogP contribution in [0.25, 0.3) is 0 Å². The Kier molecular flexibility index (Phi) is 5.04. The summed E-state index contributed by atoms with van der Waals surface area (Å²) in [6, 6.07) is 22.2. The molecule has 0 radical (unpaired) electrons. The van der Waals surface area contributed by atoms with Crippen LogP contribution in [0.3, 0.4) is 0 Å². The molecule has 0 heterocycles. The van der Waals surface area contributed by atoms with E-state index >= 15 is 0 Å². The molecule has 5 nitrogen and oxygen atoms in total. The maximum absolute atomic E-state index is 12.4. The van der Waals surface area contributed by atoms with Crippen molar-refractivity contribution in [2.45, 2.75) is 4.90 Å². The fraction of sp³-hybridized carbons (Fsp3) is 0.0500. The lowest BCUT2D eigenvalue weighted by molar-refractivity contribution is 0.102. The second kappa shape index (κ2) is 7.41. The molecule has 1 N–H and O–H groups in total. The smallest absolute Gasteiger partial charge is 0.255 e. The summed E-state index contributed by atoms with van der Waals surface area (Å²) >= 11 is 0. The highest BCUT2D eigenvalue weighted by molar-refractivity contribution is 7.90. The van der Waals surface area contributed by atoms with Gasteiger partial charge in [0.1, 0.15) is 11.5 Å². The van der Waals surface area contributed by atoms with E-state index in [1.165, 1.54) is 6.07 Å². The van der Waals surface area contributed by atoms with Gasteiger partial charge in [0.2, 0.25) is 0 Å². The molecule has 3 rings (SSSR count). The fourth-order valence-corrected chi connectivity index (χ4v) is 3.23. The van der Waals surface area contributed by atoms with E-state index in [4.69, 9.17) is 4.74 Å². The Balaban J connectivity index is 1.75. The molecule has 3 aromatic carbocycles. The monoisotopic (exact) mass is 367 g/mol. The number of ether oxygens (including phenoxy) is 1. The normalized spacial score (nSPS) is 11.0. The second-order valence-electron chi connectivity index (χ2n) is 5.66. The molecular formula is C20H17NO4S. The molecule has 0 aromatic heterocycles. The van der Waals surface area contributed by atoms with Crippen molar-refractivity contribution < 1.29 is 17.9 Å². The summed E-state index contributed by atoms with van der Waals surface area (Å²) in [5.41, 5.74) is 0.651. The Morgan fingerprint density at radius 3 is 2.04 bits per heavy atom. The van der Waals surface area contributed by atoms with Crippen molar-refractivity contribution >= 4 is 21.4 Å². The van der Waals surface area contributed by atoms with E-state index in [1.54, 1.807) is 42.5 Å². The zero-order valence-electron chi connectivity index (χ0n) is 14.0. The minimum absolute atomic E-state index is 0.0809. The molecule has 0 aliphatic rings. The molecule has 26 heavy (non-hydrogen) atoms. The van der Waals surface area contributed by atoms with Crippen molar-refractivity contribution in [3.63, 3.8) is 0 Å². The number of carbonyl (C=O) groups excluding carboxylic acids is 1. The topological polar surface area (TPSA) is 72.5 Å². The van der Waals surface area contributed by atoms with E-state index in [0.717, 1.165) is 6.26 Å². The fourth-order valence-electron chi connectivity index (χ4n) is 2.39. The number of hydrogen-bond donors (Lipinski definition) is 1. The Bertz CT molecular complexity index is 1010. The third-order valence-corrected chi connectivity index (χ3v) is 4.79. The molecule has 1 amide bonds. The van der Waals surface area contributed by atoms with Crippen molar-refractivity contribution in [3.8, 4) is 11.5 Å². The maximum atomic E-state index is 12.4. The molecule has 0 aliphatic heterocycles. The van der Waals surface area contributed by atoms with E-state index in [-0.39, 0.29) is 10.6 Å². The molecule has 3 aromatic rings. The zero-order chi connectivity index (χ0) is 18.6.